The second-order valence-corrected chi connectivity index (χ2v) is 6.54. The smallest absolute Gasteiger partial charge is 0.271 e. The first kappa shape index (κ1) is 17.5. The second kappa shape index (κ2) is 7.71. The van der Waals surface area contributed by atoms with Gasteiger partial charge in [-0.25, -0.2) is 9.37 Å². The Kier molecular flexibility index (Phi) is 5.40. The van der Waals surface area contributed by atoms with Gasteiger partial charge in [0.2, 0.25) is 5.91 Å². The molecule has 0 radical (unpaired) electrons. The van der Waals surface area contributed by atoms with Crippen molar-refractivity contribution >= 4 is 23.2 Å². The molecule has 132 valence electrons. The number of rotatable bonds is 4. The highest BCUT2D eigenvalue weighted by Crippen LogP contribution is 2.23. The Morgan fingerprint density at radius 1 is 1.28 bits per heavy atom. The summed E-state index contributed by atoms with van der Waals surface area (Å²) in [5.41, 5.74) is 0.980. The van der Waals surface area contributed by atoms with E-state index in [9.17, 15) is 14.0 Å². The summed E-state index contributed by atoms with van der Waals surface area (Å²) in [6, 6.07) is 5.28. The molecule has 1 aliphatic rings. The van der Waals surface area contributed by atoms with Gasteiger partial charge in [0.15, 0.2) is 0 Å². The number of ether oxygens (including phenoxy) is 1. The molecule has 0 bridgehead atoms. The third kappa shape index (κ3) is 4.21. The SMILES string of the molecule is CC(NC(=O)c1csc(-c2ccc(F)cc2)n1)C(=O)N1CCOCC1. The summed E-state index contributed by atoms with van der Waals surface area (Å²) in [4.78, 5) is 30.6. The van der Waals surface area contributed by atoms with Gasteiger partial charge in [-0.05, 0) is 31.2 Å². The molecule has 2 aromatic rings. The van der Waals surface area contributed by atoms with Crippen molar-refractivity contribution in [3.63, 3.8) is 0 Å². The topological polar surface area (TPSA) is 71.5 Å². The van der Waals surface area contributed by atoms with Crippen molar-refractivity contribution in [3.8, 4) is 10.6 Å². The maximum Gasteiger partial charge on any atom is 0.271 e. The summed E-state index contributed by atoms with van der Waals surface area (Å²) in [5, 5.41) is 4.93. The minimum absolute atomic E-state index is 0.134. The Balaban J connectivity index is 1.63. The zero-order valence-electron chi connectivity index (χ0n) is 13.7. The van der Waals surface area contributed by atoms with E-state index < -0.39 is 11.9 Å². The molecule has 2 amide bonds. The Hall–Kier alpha value is -2.32. The van der Waals surface area contributed by atoms with E-state index in [1.54, 1.807) is 29.3 Å². The number of hydrogen-bond acceptors (Lipinski definition) is 5. The van der Waals surface area contributed by atoms with Crippen LogP contribution in [0.15, 0.2) is 29.6 Å². The van der Waals surface area contributed by atoms with Crippen LogP contribution in [0.2, 0.25) is 0 Å². The molecule has 0 aliphatic carbocycles. The molecule has 2 heterocycles. The Morgan fingerprint density at radius 2 is 1.96 bits per heavy atom. The summed E-state index contributed by atoms with van der Waals surface area (Å²) in [5.74, 6) is -0.863. The Bertz CT molecular complexity index is 757. The monoisotopic (exact) mass is 363 g/mol. The van der Waals surface area contributed by atoms with Crippen molar-refractivity contribution < 1.29 is 18.7 Å². The summed E-state index contributed by atoms with van der Waals surface area (Å²) < 4.78 is 18.2. The third-order valence-electron chi connectivity index (χ3n) is 3.87. The van der Waals surface area contributed by atoms with Gasteiger partial charge in [-0.1, -0.05) is 0 Å². The summed E-state index contributed by atoms with van der Waals surface area (Å²) >= 11 is 1.29. The van der Waals surface area contributed by atoms with Crippen LogP contribution in [0.3, 0.4) is 0 Å². The molecule has 0 spiro atoms. The van der Waals surface area contributed by atoms with E-state index >= 15 is 0 Å². The minimum atomic E-state index is -0.637. The van der Waals surface area contributed by atoms with E-state index in [0.717, 1.165) is 5.56 Å². The quantitative estimate of drug-likeness (QED) is 0.901. The number of carbonyl (C=O) groups excluding carboxylic acids is 2. The number of aromatic nitrogens is 1. The van der Waals surface area contributed by atoms with E-state index in [4.69, 9.17) is 4.74 Å². The Labute approximate surface area is 148 Å². The molecular weight excluding hydrogens is 345 g/mol. The first-order valence-electron chi connectivity index (χ1n) is 7.93. The highest BCUT2D eigenvalue weighted by molar-refractivity contribution is 7.13. The summed E-state index contributed by atoms with van der Waals surface area (Å²) in [6.45, 7) is 3.75. The van der Waals surface area contributed by atoms with Gasteiger partial charge in [0.25, 0.3) is 5.91 Å². The minimum Gasteiger partial charge on any atom is -0.378 e. The lowest BCUT2D eigenvalue weighted by molar-refractivity contribution is -0.136. The molecule has 1 aliphatic heterocycles. The van der Waals surface area contributed by atoms with Crippen molar-refractivity contribution in [2.75, 3.05) is 26.3 Å². The zero-order valence-corrected chi connectivity index (χ0v) is 14.5. The van der Waals surface area contributed by atoms with E-state index in [1.165, 1.54) is 23.5 Å². The lowest BCUT2D eigenvalue weighted by atomic mass is 10.2. The van der Waals surface area contributed by atoms with Gasteiger partial charge in [-0.15, -0.1) is 11.3 Å². The lowest BCUT2D eigenvalue weighted by Gasteiger charge is -2.29. The van der Waals surface area contributed by atoms with E-state index in [2.05, 4.69) is 10.3 Å². The van der Waals surface area contributed by atoms with Crippen LogP contribution < -0.4 is 5.32 Å². The molecule has 1 unspecified atom stereocenters. The van der Waals surface area contributed by atoms with Crippen LogP contribution in [0.1, 0.15) is 17.4 Å². The van der Waals surface area contributed by atoms with Gasteiger partial charge in [0, 0.05) is 24.0 Å². The van der Waals surface area contributed by atoms with Crippen LogP contribution in [0, 0.1) is 5.82 Å². The van der Waals surface area contributed by atoms with Crippen molar-refractivity contribution in [3.05, 3.63) is 41.2 Å². The Morgan fingerprint density at radius 3 is 2.64 bits per heavy atom. The maximum atomic E-state index is 13.0. The van der Waals surface area contributed by atoms with Crippen molar-refractivity contribution in [1.82, 2.24) is 15.2 Å². The van der Waals surface area contributed by atoms with Gasteiger partial charge in [-0.2, -0.15) is 0 Å². The molecular formula is C17H18FN3O3S. The molecule has 1 atom stereocenters. The fourth-order valence-corrected chi connectivity index (χ4v) is 3.30. The van der Waals surface area contributed by atoms with Crippen LogP contribution in [0.5, 0.6) is 0 Å². The van der Waals surface area contributed by atoms with Crippen LogP contribution in [0.25, 0.3) is 10.6 Å². The molecule has 1 N–H and O–H groups in total. The maximum absolute atomic E-state index is 13.0. The number of halogens is 1. The van der Waals surface area contributed by atoms with Gasteiger partial charge < -0.3 is 15.0 Å². The molecule has 25 heavy (non-hydrogen) atoms. The van der Waals surface area contributed by atoms with Crippen LogP contribution in [0.4, 0.5) is 4.39 Å². The fraction of sp³-hybridized carbons (Fsp3) is 0.353. The van der Waals surface area contributed by atoms with E-state index in [-0.39, 0.29) is 17.4 Å². The normalized spacial score (nSPS) is 15.7. The summed E-state index contributed by atoms with van der Waals surface area (Å²) in [7, 11) is 0. The molecule has 1 aromatic heterocycles. The van der Waals surface area contributed by atoms with Gasteiger partial charge in [-0.3, -0.25) is 9.59 Å². The number of benzene rings is 1. The zero-order chi connectivity index (χ0) is 17.8. The van der Waals surface area contributed by atoms with Crippen molar-refractivity contribution in [1.29, 1.82) is 0 Å². The van der Waals surface area contributed by atoms with Crippen LogP contribution in [-0.4, -0.2) is 54.0 Å². The predicted octanol–water partition coefficient (Wildman–Crippen LogP) is 1.93. The molecule has 1 fully saturated rings. The predicted molar refractivity (Wildman–Crippen MR) is 91.8 cm³/mol. The number of nitrogens with zero attached hydrogens (tertiary/aromatic N) is 2. The van der Waals surface area contributed by atoms with Crippen molar-refractivity contribution in [2.24, 2.45) is 0 Å². The lowest BCUT2D eigenvalue weighted by Crippen LogP contribution is -2.50. The van der Waals surface area contributed by atoms with E-state index in [0.29, 0.717) is 31.3 Å². The molecule has 1 aromatic carbocycles. The second-order valence-electron chi connectivity index (χ2n) is 5.68. The largest absolute Gasteiger partial charge is 0.378 e. The highest BCUT2D eigenvalue weighted by atomic mass is 32.1. The van der Waals surface area contributed by atoms with Crippen LogP contribution >= 0.6 is 11.3 Å². The highest BCUT2D eigenvalue weighted by Gasteiger charge is 2.24. The number of hydrogen-bond donors (Lipinski definition) is 1. The van der Waals surface area contributed by atoms with Crippen molar-refractivity contribution in [2.45, 2.75) is 13.0 Å². The number of nitrogens with one attached hydrogen (secondary N) is 1. The molecule has 3 rings (SSSR count). The number of morpholine rings is 1. The summed E-state index contributed by atoms with van der Waals surface area (Å²) in [6.07, 6.45) is 0. The average molecular weight is 363 g/mol. The average Bonchev–Trinajstić information content (AvgIpc) is 3.12. The molecule has 1 saturated heterocycles. The van der Waals surface area contributed by atoms with Gasteiger partial charge in [0.05, 0.1) is 13.2 Å². The van der Waals surface area contributed by atoms with Gasteiger partial charge >= 0.3 is 0 Å². The van der Waals surface area contributed by atoms with E-state index in [1.807, 2.05) is 0 Å². The molecule has 6 nitrogen and oxygen atoms in total. The number of carbonyl (C=O) groups is 2. The standard InChI is InChI=1S/C17H18FN3O3S/c1-11(17(23)21-6-8-24-9-7-21)19-15(22)14-10-25-16(20-14)12-2-4-13(18)5-3-12/h2-5,10-11H,6-9H2,1H3,(H,19,22). The third-order valence-corrected chi connectivity index (χ3v) is 4.76. The first-order valence-corrected chi connectivity index (χ1v) is 8.81. The van der Waals surface area contributed by atoms with Crippen LogP contribution in [-0.2, 0) is 9.53 Å². The molecule has 8 heteroatoms. The van der Waals surface area contributed by atoms with Gasteiger partial charge in [0.1, 0.15) is 22.6 Å². The first-order chi connectivity index (χ1) is 12.0. The number of thiazole rings is 1. The number of amides is 2. The fourth-order valence-electron chi connectivity index (χ4n) is 2.49. The molecule has 0 saturated carbocycles.